The molecule has 1 aromatic carbocycles. The van der Waals surface area contributed by atoms with Gasteiger partial charge in [0.1, 0.15) is 0 Å². The van der Waals surface area contributed by atoms with Gasteiger partial charge in [-0.2, -0.15) is 5.10 Å². The van der Waals surface area contributed by atoms with Crippen molar-refractivity contribution in [3.05, 3.63) is 47.7 Å². The van der Waals surface area contributed by atoms with Crippen LogP contribution in [0.25, 0.3) is 22.3 Å². The average molecular weight is 438 g/mol. The maximum Gasteiger partial charge on any atom is 0.407 e. The summed E-state index contributed by atoms with van der Waals surface area (Å²) in [5.41, 5.74) is 3.53. The SMILES string of the molecule is CCOC(=O)NC(CNC(=O)c1cc(-c2ccccc2)nc2c1c(C)nn2C)CC(C)C. The van der Waals surface area contributed by atoms with E-state index in [1.54, 1.807) is 17.7 Å². The molecule has 2 amide bonds. The van der Waals surface area contributed by atoms with Crippen LogP contribution in [0, 0.1) is 12.8 Å². The number of carbonyl (C=O) groups is 2. The van der Waals surface area contributed by atoms with Crippen molar-refractivity contribution in [1.82, 2.24) is 25.4 Å². The number of pyridine rings is 1. The van der Waals surface area contributed by atoms with Crippen LogP contribution in [0.5, 0.6) is 0 Å². The highest BCUT2D eigenvalue weighted by atomic mass is 16.5. The Morgan fingerprint density at radius 2 is 1.91 bits per heavy atom. The van der Waals surface area contributed by atoms with E-state index in [0.717, 1.165) is 16.6 Å². The number of carbonyl (C=O) groups excluding carboxylic acids is 2. The van der Waals surface area contributed by atoms with E-state index in [4.69, 9.17) is 9.72 Å². The molecule has 1 unspecified atom stereocenters. The molecule has 8 heteroatoms. The van der Waals surface area contributed by atoms with Crippen molar-refractivity contribution in [1.29, 1.82) is 0 Å². The number of rotatable bonds is 8. The molecule has 3 rings (SSSR count). The molecule has 0 saturated carbocycles. The number of alkyl carbamates (subject to hydrolysis) is 1. The Bertz CT molecular complexity index is 1090. The topological polar surface area (TPSA) is 98.1 Å². The molecule has 2 N–H and O–H groups in total. The Morgan fingerprint density at radius 3 is 2.56 bits per heavy atom. The first-order valence-electron chi connectivity index (χ1n) is 10.9. The monoisotopic (exact) mass is 437 g/mol. The van der Waals surface area contributed by atoms with Gasteiger partial charge in [0.05, 0.1) is 28.9 Å². The Kier molecular flexibility index (Phi) is 7.45. The summed E-state index contributed by atoms with van der Waals surface area (Å²) in [6, 6.07) is 11.3. The summed E-state index contributed by atoms with van der Waals surface area (Å²) < 4.78 is 6.70. The first-order valence-corrected chi connectivity index (χ1v) is 10.9. The van der Waals surface area contributed by atoms with Gasteiger partial charge in [-0.3, -0.25) is 9.48 Å². The highest BCUT2D eigenvalue weighted by Crippen LogP contribution is 2.26. The lowest BCUT2D eigenvalue weighted by molar-refractivity contribution is 0.0946. The van der Waals surface area contributed by atoms with E-state index in [1.165, 1.54) is 0 Å². The van der Waals surface area contributed by atoms with Crippen LogP contribution < -0.4 is 10.6 Å². The molecule has 0 spiro atoms. The van der Waals surface area contributed by atoms with Gasteiger partial charge in [-0.05, 0) is 32.3 Å². The number of nitrogens with zero attached hydrogens (tertiary/aromatic N) is 3. The van der Waals surface area contributed by atoms with Gasteiger partial charge in [-0.25, -0.2) is 9.78 Å². The largest absolute Gasteiger partial charge is 0.450 e. The summed E-state index contributed by atoms with van der Waals surface area (Å²) in [5, 5.41) is 11.0. The van der Waals surface area contributed by atoms with Crippen LogP contribution in [0.1, 0.15) is 43.2 Å². The molecular formula is C24H31N5O3. The van der Waals surface area contributed by atoms with Gasteiger partial charge in [0, 0.05) is 25.2 Å². The van der Waals surface area contributed by atoms with Crippen LogP contribution in [0.4, 0.5) is 4.79 Å². The number of amides is 2. The molecule has 0 aliphatic carbocycles. The summed E-state index contributed by atoms with van der Waals surface area (Å²) in [6.07, 6.45) is 0.236. The highest BCUT2D eigenvalue weighted by Gasteiger charge is 2.21. The quantitative estimate of drug-likeness (QED) is 0.558. The summed E-state index contributed by atoms with van der Waals surface area (Å²) in [4.78, 5) is 29.9. The first-order chi connectivity index (χ1) is 15.3. The third-order valence-electron chi connectivity index (χ3n) is 5.15. The number of nitrogens with one attached hydrogen (secondary N) is 2. The highest BCUT2D eigenvalue weighted by molar-refractivity contribution is 6.07. The van der Waals surface area contributed by atoms with Crippen molar-refractivity contribution >= 4 is 23.0 Å². The van der Waals surface area contributed by atoms with Crippen LogP contribution >= 0.6 is 0 Å². The zero-order chi connectivity index (χ0) is 23.3. The molecule has 0 aliphatic heterocycles. The van der Waals surface area contributed by atoms with E-state index in [9.17, 15) is 9.59 Å². The number of aryl methyl sites for hydroxylation is 2. The number of fused-ring (bicyclic) bond motifs is 1. The number of ether oxygens (including phenoxy) is 1. The standard InChI is InChI=1S/C24H31N5O3/c1-6-32-24(31)26-18(12-15(2)3)14-25-23(30)19-13-20(17-10-8-7-9-11-17)27-22-21(19)16(4)28-29(22)5/h7-11,13,15,18H,6,12,14H2,1-5H3,(H,25,30)(H,26,31). The van der Waals surface area contributed by atoms with Crippen LogP contribution in [-0.4, -0.2) is 46.0 Å². The van der Waals surface area contributed by atoms with E-state index >= 15 is 0 Å². The maximum atomic E-state index is 13.3. The molecule has 170 valence electrons. The zero-order valence-electron chi connectivity index (χ0n) is 19.3. The Balaban J connectivity index is 1.90. The Morgan fingerprint density at radius 1 is 1.19 bits per heavy atom. The van der Waals surface area contributed by atoms with Gasteiger partial charge < -0.3 is 15.4 Å². The number of aromatic nitrogens is 3. The molecule has 0 radical (unpaired) electrons. The number of hydrogen-bond donors (Lipinski definition) is 2. The normalized spacial score (nSPS) is 12.1. The molecule has 1 atom stereocenters. The van der Waals surface area contributed by atoms with E-state index in [-0.39, 0.29) is 11.9 Å². The maximum absolute atomic E-state index is 13.3. The molecule has 0 saturated heterocycles. The predicted molar refractivity (Wildman–Crippen MR) is 124 cm³/mol. The minimum atomic E-state index is -0.479. The fourth-order valence-corrected chi connectivity index (χ4v) is 3.79. The molecule has 2 heterocycles. The molecular weight excluding hydrogens is 406 g/mol. The van der Waals surface area contributed by atoms with Gasteiger partial charge in [-0.15, -0.1) is 0 Å². The first kappa shape index (κ1) is 23.2. The van der Waals surface area contributed by atoms with Crippen molar-refractivity contribution < 1.29 is 14.3 Å². The van der Waals surface area contributed by atoms with Crippen molar-refractivity contribution in [3.63, 3.8) is 0 Å². The van der Waals surface area contributed by atoms with Crippen molar-refractivity contribution in [2.75, 3.05) is 13.2 Å². The van der Waals surface area contributed by atoms with E-state index in [0.29, 0.717) is 42.4 Å². The van der Waals surface area contributed by atoms with Crippen LogP contribution in [-0.2, 0) is 11.8 Å². The van der Waals surface area contributed by atoms with E-state index in [2.05, 4.69) is 29.6 Å². The zero-order valence-corrected chi connectivity index (χ0v) is 19.3. The van der Waals surface area contributed by atoms with Crippen molar-refractivity contribution in [2.45, 2.75) is 40.2 Å². The molecule has 2 aromatic heterocycles. The minimum absolute atomic E-state index is 0.231. The van der Waals surface area contributed by atoms with Crippen molar-refractivity contribution in [3.8, 4) is 11.3 Å². The third kappa shape index (κ3) is 5.43. The summed E-state index contributed by atoms with van der Waals surface area (Å²) in [5.74, 6) is 0.113. The van der Waals surface area contributed by atoms with Crippen LogP contribution in [0.2, 0.25) is 0 Å². The summed E-state index contributed by atoms with van der Waals surface area (Å²) in [7, 11) is 1.82. The minimum Gasteiger partial charge on any atom is -0.450 e. The Labute approximate surface area is 188 Å². The van der Waals surface area contributed by atoms with Gasteiger partial charge in [0.15, 0.2) is 5.65 Å². The predicted octanol–water partition coefficient (Wildman–Crippen LogP) is 3.83. The molecule has 0 fully saturated rings. The molecule has 0 aliphatic rings. The third-order valence-corrected chi connectivity index (χ3v) is 5.15. The molecule has 0 bridgehead atoms. The molecule has 32 heavy (non-hydrogen) atoms. The number of benzene rings is 1. The smallest absolute Gasteiger partial charge is 0.407 e. The van der Waals surface area contributed by atoms with Gasteiger partial charge in [-0.1, -0.05) is 44.2 Å². The van der Waals surface area contributed by atoms with Crippen LogP contribution in [0.3, 0.4) is 0 Å². The van der Waals surface area contributed by atoms with Gasteiger partial charge >= 0.3 is 6.09 Å². The lowest BCUT2D eigenvalue weighted by atomic mass is 10.0. The second-order valence-corrected chi connectivity index (χ2v) is 8.23. The average Bonchev–Trinajstić information content (AvgIpc) is 3.05. The molecule has 3 aromatic rings. The van der Waals surface area contributed by atoms with Crippen molar-refractivity contribution in [2.24, 2.45) is 13.0 Å². The fraction of sp³-hybridized carbons (Fsp3) is 0.417. The van der Waals surface area contributed by atoms with E-state index in [1.807, 2.05) is 44.3 Å². The summed E-state index contributed by atoms with van der Waals surface area (Å²) in [6.45, 7) is 8.35. The lowest BCUT2D eigenvalue weighted by Crippen LogP contribution is -2.44. The fourth-order valence-electron chi connectivity index (χ4n) is 3.79. The molecule has 8 nitrogen and oxygen atoms in total. The van der Waals surface area contributed by atoms with E-state index < -0.39 is 6.09 Å². The second kappa shape index (κ2) is 10.3. The second-order valence-electron chi connectivity index (χ2n) is 8.23. The lowest BCUT2D eigenvalue weighted by Gasteiger charge is -2.21. The Hall–Kier alpha value is -3.42. The summed E-state index contributed by atoms with van der Waals surface area (Å²) >= 11 is 0. The number of hydrogen-bond acceptors (Lipinski definition) is 5. The van der Waals surface area contributed by atoms with Gasteiger partial charge in [0.25, 0.3) is 5.91 Å². The van der Waals surface area contributed by atoms with Crippen LogP contribution in [0.15, 0.2) is 36.4 Å². The van der Waals surface area contributed by atoms with Gasteiger partial charge in [0.2, 0.25) is 0 Å².